The van der Waals surface area contributed by atoms with Gasteiger partial charge in [0.2, 0.25) is 0 Å². The zero-order valence-electron chi connectivity index (χ0n) is 13.4. The first-order valence-electron chi connectivity index (χ1n) is 8.14. The predicted octanol–water partition coefficient (Wildman–Crippen LogP) is 4.44. The second kappa shape index (κ2) is 6.96. The van der Waals surface area contributed by atoms with Crippen molar-refractivity contribution in [2.24, 2.45) is 0 Å². The topological polar surface area (TPSA) is 59.5 Å². The quantitative estimate of drug-likeness (QED) is 0.584. The van der Waals surface area contributed by atoms with Crippen LogP contribution in [0.15, 0.2) is 41.0 Å². The van der Waals surface area contributed by atoms with Crippen LogP contribution in [0.1, 0.15) is 42.6 Å². The van der Waals surface area contributed by atoms with Gasteiger partial charge in [0.05, 0.1) is 17.7 Å². The Morgan fingerprint density at radius 2 is 2.00 bits per heavy atom. The van der Waals surface area contributed by atoms with E-state index in [0.29, 0.717) is 6.04 Å². The van der Waals surface area contributed by atoms with Crippen molar-refractivity contribution in [3.05, 3.63) is 63.6 Å². The molecule has 1 heterocycles. The fraction of sp³-hybridized carbons (Fsp3) is 0.444. The van der Waals surface area contributed by atoms with Gasteiger partial charge < -0.3 is 4.42 Å². The molecule has 2 aromatic rings. The highest BCUT2D eigenvalue weighted by Gasteiger charge is 2.25. The summed E-state index contributed by atoms with van der Waals surface area (Å²) in [5, 5.41) is 11.1. The average Bonchev–Trinajstić information content (AvgIpc) is 3.20. The normalized spacial score (nSPS) is 15.4. The summed E-state index contributed by atoms with van der Waals surface area (Å²) in [6.45, 7) is 3.31. The van der Waals surface area contributed by atoms with E-state index in [0.717, 1.165) is 30.0 Å². The van der Waals surface area contributed by atoms with Crippen molar-refractivity contribution in [1.29, 1.82) is 0 Å². The lowest BCUT2D eigenvalue weighted by atomic mass is 10.0. The lowest BCUT2D eigenvalue weighted by Gasteiger charge is -2.28. The summed E-state index contributed by atoms with van der Waals surface area (Å²) in [7, 11) is 0. The number of nitro benzene ring substituents is 1. The fourth-order valence-electron chi connectivity index (χ4n) is 3.44. The largest absolute Gasteiger partial charge is 0.468 e. The van der Waals surface area contributed by atoms with E-state index in [2.05, 4.69) is 4.90 Å². The molecule has 0 unspecified atom stereocenters. The van der Waals surface area contributed by atoms with Crippen LogP contribution in [0.3, 0.4) is 0 Å². The minimum Gasteiger partial charge on any atom is -0.468 e. The second-order valence-electron chi connectivity index (χ2n) is 6.24. The summed E-state index contributed by atoms with van der Waals surface area (Å²) in [5.41, 5.74) is 1.99. The molecule has 0 N–H and O–H groups in total. The smallest absolute Gasteiger partial charge is 0.272 e. The van der Waals surface area contributed by atoms with Crippen LogP contribution in [-0.2, 0) is 13.1 Å². The summed E-state index contributed by atoms with van der Waals surface area (Å²) >= 11 is 0. The zero-order valence-corrected chi connectivity index (χ0v) is 13.4. The van der Waals surface area contributed by atoms with Crippen molar-refractivity contribution >= 4 is 5.69 Å². The zero-order chi connectivity index (χ0) is 16.2. The molecule has 23 heavy (non-hydrogen) atoms. The molecular weight excluding hydrogens is 292 g/mol. The molecule has 5 nitrogen and oxygen atoms in total. The van der Waals surface area contributed by atoms with Gasteiger partial charge in [-0.1, -0.05) is 25.0 Å². The average molecular weight is 314 g/mol. The third-order valence-corrected chi connectivity index (χ3v) is 4.77. The molecule has 0 atom stereocenters. The Kier molecular flexibility index (Phi) is 4.76. The molecule has 3 rings (SSSR count). The fourth-order valence-corrected chi connectivity index (χ4v) is 3.44. The highest BCUT2D eigenvalue weighted by molar-refractivity contribution is 5.44. The van der Waals surface area contributed by atoms with Crippen molar-refractivity contribution in [3.63, 3.8) is 0 Å². The molecule has 1 aromatic heterocycles. The van der Waals surface area contributed by atoms with Gasteiger partial charge in [0.25, 0.3) is 5.69 Å². The highest BCUT2D eigenvalue weighted by atomic mass is 16.6. The summed E-state index contributed by atoms with van der Waals surface area (Å²) in [5.74, 6) is 0.944. The Morgan fingerprint density at radius 1 is 1.22 bits per heavy atom. The van der Waals surface area contributed by atoms with Gasteiger partial charge in [-0.05, 0) is 37.5 Å². The molecule has 0 aliphatic heterocycles. The van der Waals surface area contributed by atoms with E-state index in [9.17, 15) is 10.1 Å². The van der Waals surface area contributed by atoms with Crippen LogP contribution in [0, 0.1) is 17.0 Å². The molecule has 0 amide bonds. The first-order chi connectivity index (χ1) is 11.1. The summed E-state index contributed by atoms with van der Waals surface area (Å²) < 4.78 is 5.50. The van der Waals surface area contributed by atoms with Gasteiger partial charge in [-0.25, -0.2) is 0 Å². The second-order valence-corrected chi connectivity index (χ2v) is 6.24. The number of hydrogen-bond donors (Lipinski definition) is 0. The molecule has 0 saturated heterocycles. The summed E-state index contributed by atoms with van der Waals surface area (Å²) in [6.07, 6.45) is 6.59. The van der Waals surface area contributed by atoms with E-state index < -0.39 is 0 Å². The maximum absolute atomic E-state index is 11.1. The predicted molar refractivity (Wildman–Crippen MR) is 88.0 cm³/mol. The van der Waals surface area contributed by atoms with Gasteiger partial charge in [-0.3, -0.25) is 15.0 Å². The molecule has 0 bridgehead atoms. The SMILES string of the molecule is Cc1c(CN(Cc2ccco2)C2CCCC2)cccc1[N+](=O)[O-]. The van der Waals surface area contributed by atoms with E-state index in [1.54, 1.807) is 18.4 Å². The van der Waals surface area contributed by atoms with Crippen LogP contribution < -0.4 is 0 Å². The summed E-state index contributed by atoms with van der Waals surface area (Å²) in [4.78, 5) is 13.2. The van der Waals surface area contributed by atoms with Gasteiger partial charge in [0.15, 0.2) is 0 Å². The van der Waals surface area contributed by atoms with Crippen molar-refractivity contribution in [2.75, 3.05) is 0 Å². The standard InChI is InChI=1S/C18H22N2O3/c1-14-15(6-4-10-18(14)20(21)22)12-19(16-7-2-3-8-16)13-17-9-5-11-23-17/h4-6,9-11,16H,2-3,7-8,12-13H2,1H3. The lowest BCUT2D eigenvalue weighted by Crippen LogP contribution is -2.32. The minimum absolute atomic E-state index is 0.201. The summed E-state index contributed by atoms with van der Waals surface area (Å²) in [6, 6.07) is 9.76. The van der Waals surface area contributed by atoms with Crippen LogP contribution in [0.4, 0.5) is 5.69 Å². The van der Waals surface area contributed by atoms with Crippen LogP contribution in [0.2, 0.25) is 0 Å². The first-order valence-corrected chi connectivity index (χ1v) is 8.14. The molecule has 1 aliphatic rings. The van der Waals surface area contributed by atoms with Gasteiger partial charge in [-0.2, -0.15) is 0 Å². The maximum Gasteiger partial charge on any atom is 0.272 e. The molecule has 1 aliphatic carbocycles. The molecule has 1 saturated carbocycles. The first kappa shape index (κ1) is 15.7. The van der Waals surface area contributed by atoms with E-state index in [4.69, 9.17) is 4.42 Å². The van der Waals surface area contributed by atoms with Gasteiger partial charge in [-0.15, -0.1) is 0 Å². The third-order valence-electron chi connectivity index (χ3n) is 4.77. The van der Waals surface area contributed by atoms with Gasteiger partial charge in [0.1, 0.15) is 5.76 Å². The highest BCUT2D eigenvalue weighted by Crippen LogP contribution is 2.29. The molecule has 1 fully saturated rings. The van der Waals surface area contributed by atoms with E-state index in [-0.39, 0.29) is 10.6 Å². The van der Waals surface area contributed by atoms with Gasteiger partial charge >= 0.3 is 0 Å². The van der Waals surface area contributed by atoms with Crippen LogP contribution in [0.5, 0.6) is 0 Å². The number of benzene rings is 1. The van der Waals surface area contributed by atoms with E-state index in [1.165, 1.54) is 25.7 Å². The maximum atomic E-state index is 11.1. The Balaban J connectivity index is 1.83. The van der Waals surface area contributed by atoms with Crippen molar-refractivity contribution in [3.8, 4) is 0 Å². The number of nitro groups is 1. The number of nitrogens with zero attached hydrogens (tertiary/aromatic N) is 2. The lowest BCUT2D eigenvalue weighted by molar-refractivity contribution is -0.385. The Labute approximate surface area is 136 Å². The third kappa shape index (κ3) is 3.62. The number of furan rings is 1. The molecular formula is C18H22N2O3. The molecule has 1 aromatic carbocycles. The molecule has 0 radical (unpaired) electrons. The number of hydrogen-bond acceptors (Lipinski definition) is 4. The van der Waals surface area contributed by atoms with E-state index in [1.807, 2.05) is 25.1 Å². The van der Waals surface area contributed by atoms with Crippen LogP contribution in [-0.4, -0.2) is 15.9 Å². The minimum atomic E-state index is -0.300. The van der Waals surface area contributed by atoms with Crippen molar-refractivity contribution in [1.82, 2.24) is 4.90 Å². The number of rotatable bonds is 6. The van der Waals surface area contributed by atoms with Gasteiger partial charge in [0, 0.05) is 24.2 Å². The Hall–Kier alpha value is -2.14. The monoisotopic (exact) mass is 314 g/mol. The Morgan fingerprint density at radius 3 is 2.65 bits per heavy atom. The van der Waals surface area contributed by atoms with Crippen molar-refractivity contribution < 1.29 is 9.34 Å². The van der Waals surface area contributed by atoms with Crippen LogP contribution >= 0.6 is 0 Å². The molecule has 122 valence electrons. The molecule has 5 heteroatoms. The van der Waals surface area contributed by atoms with Crippen molar-refractivity contribution in [2.45, 2.75) is 51.7 Å². The van der Waals surface area contributed by atoms with Crippen LogP contribution in [0.25, 0.3) is 0 Å². The Bertz CT molecular complexity index is 661. The van der Waals surface area contributed by atoms with E-state index >= 15 is 0 Å². The molecule has 0 spiro atoms.